The predicted molar refractivity (Wildman–Crippen MR) is 93.2 cm³/mol. The zero-order valence-corrected chi connectivity index (χ0v) is 14.2. The van der Waals surface area contributed by atoms with E-state index in [1.54, 1.807) is 29.7 Å². The Morgan fingerprint density at radius 1 is 1.25 bits per heavy atom. The summed E-state index contributed by atoms with van der Waals surface area (Å²) in [6, 6.07) is 9.14. The number of rotatable bonds is 6. The molecule has 128 valence electrons. The summed E-state index contributed by atoms with van der Waals surface area (Å²) in [4.78, 5) is 27.5. The maximum atomic E-state index is 12.2. The van der Waals surface area contributed by atoms with Crippen molar-refractivity contribution >= 4 is 17.2 Å². The highest BCUT2D eigenvalue weighted by Gasteiger charge is 2.23. The molecular weight excluding hydrogens is 326 g/mol. The summed E-state index contributed by atoms with van der Waals surface area (Å²) >= 11 is 1.69. The molecule has 3 rings (SSSR count). The second kappa shape index (κ2) is 8.23. The number of amides is 1. The van der Waals surface area contributed by atoms with Gasteiger partial charge in [0, 0.05) is 36.8 Å². The number of carbonyl (C=O) groups is 1. The normalized spacial score (nSPS) is 16.7. The SMILES string of the molecule is O=C(Cn1ccccc1=O)NC[C@@H](c1cccs1)N1CCOCC1. The monoisotopic (exact) mass is 347 g/mol. The number of ether oxygens (including phenoxy) is 1. The average molecular weight is 347 g/mol. The third-order valence-electron chi connectivity index (χ3n) is 4.06. The predicted octanol–water partition coefficient (Wildman–Crippen LogP) is 1.10. The first-order valence-corrected chi connectivity index (χ1v) is 8.89. The van der Waals surface area contributed by atoms with Gasteiger partial charge in [0.15, 0.2) is 0 Å². The van der Waals surface area contributed by atoms with E-state index in [-0.39, 0.29) is 24.1 Å². The maximum Gasteiger partial charge on any atom is 0.250 e. The molecule has 0 spiro atoms. The lowest BCUT2D eigenvalue weighted by molar-refractivity contribution is -0.122. The van der Waals surface area contributed by atoms with Gasteiger partial charge in [-0.15, -0.1) is 11.3 Å². The van der Waals surface area contributed by atoms with Gasteiger partial charge >= 0.3 is 0 Å². The maximum absolute atomic E-state index is 12.2. The van der Waals surface area contributed by atoms with Crippen molar-refractivity contribution in [3.63, 3.8) is 0 Å². The number of morpholine rings is 1. The third kappa shape index (κ3) is 4.31. The van der Waals surface area contributed by atoms with Crippen molar-refractivity contribution in [1.82, 2.24) is 14.8 Å². The van der Waals surface area contributed by atoms with Crippen molar-refractivity contribution in [3.8, 4) is 0 Å². The van der Waals surface area contributed by atoms with E-state index < -0.39 is 0 Å². The van der Waals surface area contributed by atoms with Crippen LogP contribution in [0.2, 0.25) is 0 Å². The van der Waals surface area contributed by atoms with Crippen LogP contribution in [0.5, 0.6) is 0 Å². The van der Waals surface area contributed by atoms with Gasteiger partial charge in [0.05, 0.1) is 19.3 Å². The van der Waals surface area contributed by atoms with Crippen LogP contribution in [0.25, 0.3) is 0 Å². The largest absolute Gasteiger partial charge is 0.379 e. The van der Waals surface area contributed by atoms with Crippen LogP contribution in [0.1, 0.15) is 10.9 Å². The summed E-state index contributed by atoms with van der Waals surface area (Å²) in [6.45, 7) is 3.72. The Balaban J connectivity index is 1.62. The van der Waals surface area contributed by atoms with E-state index >= 15 is 0 Å². The molecule has 3 heterocycles. The minimum Gasteiger partial charge on any atom is -0.379 e. The highest BCUT2D eigenvalue weighted by molar-refractivity contribution is 7.10. The van der Waals surface area contributed by atoms with Crippen LogP contribution in [0.15, 0.2) is 46.7 Å². The molecule has 1 aliphatic rings. The molecule has 2 aromatic rings. The number of aromatic nitrogens is 1. The minimum absolute atomic E-state index is 0.0416. The van der Waals surface area contributed by atoms with Gasteiger partial charge in [0.2, 0.25) is 5.91 Å². The minimum atomic E-state index is -0.171. The number of hydrogen-bond acceptors (Lipinski definition) is 5. The van der Waals surface area contributed by atoms with Crippen LogP contribution in [0, 0.1) is 0 Å². The molecule has 1 saturated heterocycles. The molecule has 7 heteroatoms. The molecule has 1 atom stereocenters. The smallest absolute Gasteiger partial charge is 0.250 e. The van der Waals surface area contributed by atoms with Crippen molar-refractivity contribution in [2.24, 2.45) is 0 Å². The number of carbonyl (C=O) groups excluding carboxylic acids is 1. The van der Waals surface area contributed by atoms with Crippen LogP contribution in [-0.2, 0) is 16.1 Å². The van der Waals surface area contributed by atoms with Crippen LogP contribution >= 0.6 is 11.3 Å². The van der Waals surface area contributed by atoms with Crippen LogP contribution in [0.4, 0.5) is 0 Å². The van der Waals surface area contributed by atoms with Crippen molar-refractivity contribution < 1.29 is 9.53 Å². The molecule has 0 saturated carbocycles. The summed E-state index contributed by atoms with van der Waals surface area (Å²) in [7, 11) is 0. The second-order valence-corrected chi connectivity index (χ2v) is 6.63. The molecule has 0 aliphatic carbocycles. The second-order valence-electron chi connectivity index (χ2n) is 5.65. The highest BCUT2D eigenvalue weighted by Crippen LogP contribution is 2.25. The van der Waals surface area contributed by atoms with E-state index in [0.29, 0.717) is 6.54 Å². The molecular formula is C17H21N3O3S. The van der Waals surface area contributed by atoms with Gasteiger partial charge in [-0.25, -0.2) is 0 Å². The van der Waals surface area contributed by atoms with Gasteiger partial charge in [-0.05, 0) is 17.5 Å². The van der Waals surface area contributed by atoms with E-state index in [1.807, 2.05) is 11.4 Å². The Hall–Kier alpha value is -1.96. The van der Waals surface area contributed by atoms with Crippen LogP contribution in [0.3, 0.4) is 0 Å². The quantitative estimate of drug-likeness (QED) is 0.850. The summed E-state index contributed by atoms with van der Waals surface area (Å²) in [5.74, 6) is -0.155. The Labute approximate surface area is 144 Å². The standard InChI is InChI=1S/C17H21N3O3S/c21-16(13-20-6-2-1-5-17(20)22)18-12-14(15-4-3-11-24-15)19-7-9-23-10-8-19/h1-6,11,14H,7-10,12-13H2,(H,18,21)/t14-/m0/s1. The van der Waals surface area contributed by atoms with Crippen LogP contribution in [-0.4, -0.2) is 48.2 Å². The molecule has 1 N–H and O–H groups in total. The topological polar surface area (TPSA) is 63.6 Å². The Morgan fingerprint density at radius 3 is 2.79 bits per heavy atom. The van der Waals surface area contributed by atoms with Gasteiger partial charge in [0.1, 0.15) is 6.54 Å². The lowest BCUT2D eigenvalue weighted by Gasteiger charge is -2.34. The molecule has 1 amide bonds. The summed E-state index contributed by atoms with van der Waals surface area (Å²) in [5, 5.41) is 5.02. The van der Waals surface area contributed by atoms with E-state index in [9.17, 15) is 9.59 Å². The van der Waals surface area contributed by atoms with Gasteiger partial charge in [0.25, 0.3) is 5.56 Å². The molecule has 1 fully saturated rings. The fourth-order valence-corrected chi connectivity index (χ4v) is 3.65. The molecule has 0 radical (unpaired) electrons. The lowest BCUT2D eigenvalue weighted by Crippen LogP contribution is -2.44. The first-order chi connectivity index (χ1) is 11.7. The number of nitrogens with zero attached hydrogens (tertiary/aromatic N) is 2. The molecule has 2 aromatic heterocycles. The summed E-state index contributed by atoms with van der Waals surface area (Å²) < 4.78 is 6.83. The number of pyridine rings is 1. The fraction of sp³-hybridized carbons (Fsp3) is 0.412. The van der Waals surface area contributed by atoms with E-state index in [2.05, 4.69) is 16.3 Å². The fourth-order valence-electron chi connectivity index (χ4n) is 2.79. The van der Waals surface area contributed by atoms with E-state index in [0.717, 1.165) is 26.3 Å². The summed E-state index contributed by atoms with van der Waals surface area (Å²) in [6.07, 6.45) is 1.63. The number of hydrogen-bond donors (Lipinski definition) is 1. The van der Waals surface area contributed by atoms with E-state index in [4.69, 9.17) is 4.74 Å². The molecule has 24 heavy (non-hydrogen) atoms. The Kier molecular flexibility index (Phi) is 5.79. The number of nitrogens with one attached hydrogen (secondary N) is 1. The van der Waals surface area contributed by atoms with Gasteiger partial charge in [-0.1, -0.05) is 12.1 Å². The average Bonchev–Trinajstić information content (AvgIpc) is 3.12. The van der Waals surface area contributed by atoms with Crippen LogP contribution < -0.4 is 10.9 Å². The van der Waals surface area contributed by atoms with Gasteiger partial charge in [-0.3, -0.25) is 14.5 Å². The van der Waals surface area contributed by atoms with Crippen molar-refractivity contribution in [1.29, 1.82) is 0 Å². The molecule has 6 nitrogen and oxygen atoms in total. The first-order valence-electron chi connectivity index (χ1n) is 8.01. The molecule has 1 aliphatic heterocycles. The van der Waals surface area contributed by atoms with Gasteiger partial charge < -0.3 is 14.6 Å². The summed E-state index contributed by atoms with van der Waals surface area (Å²) in [5.41, 5.74) is -0.171. The zero-order valence-electron chi connectivity index (χ0n) is 13.4. The zero-order chi connectivity index (χ0) is 16.8. The number of thiophene rings is 1. The molecule has 0 aromatic carbocycles. The highest BCUT2D eigenvalue weighted by atomic mass is 32.1. The van der Waals surface area contributed by atoms with E-state index in [1.165, 1.54) is 15.5 Å². The molecule has 0 bridgehead atoms. The van der Waals surface area contributed by atoms with Crippen molar-refractivity contribution in [2.75, 3.05) is 32.8 Å². The Morgan fingerprint density at radius 2 is 2.08 bits per heavy atom. The third-order valence-corrected chi connectivity index (χ3v) is 5.04. The first kappa shape index (κ1) is 16.9. The van der Waals surface area contributed by atoms with Crippen molar-refractivity contribution in [2.45, 2.75) is 12.6 Å². The van der Waals surface area contributed by atoms with Crippen molar-refractivity contribution in [3.05, 3.63) is 57.1 Å². The lowest BCUT2D eigenvalue weighted by atomic mass is 10.2. The Bertz CT molecular complexity index is 708. The molecule has 0 unspecified atom stereocenters. The van der Waals surface area contributed by atoms with Gasteiger partial charge in [-0.2, -0.15) is 0 Å².